The van der Waals surface area contributed by atoms with Crippen molar-refractivity contribution in [3.8, 4) is 11.8 Å². The minimum atomic E-state index is 0.0902. The van der Waals surface area contributed by atoms with E-state index < -0.39 is 0 Å². The fourth-order valence-electron chi connectivity index (χ4n) is 2.83. The molecule has 1 saturated carbocycles. The minimum Gasteiger partial charge on any atom is -0.336 e. The van der Waals surface area contributed by atoms with E-state index in [1.807, 2.05) is 29.2 Å². The molecule has 1 saturated heterocycles. The molecule has 110 valence electrons. The lowest BCUT2D eigenvalue weighted by Crippen LogP contribution is -2.49. The van der Waals surface area contributed by atoms with Gasteiger partial charge in [0, 0.05) is 37.8 Å². The number of carbonyl (C=O) groups is 1. The minimum absolute atomic E-state index is 0.0902. The monoisotopic (exact) mass is 283 g/mol. The van der Waals surface area contributed by atoms with E-state index in [1.165, 1.54) is 12.8 Å². The maximum absolute atomic E-state index is 12.7. The molecule has 1 aromatic carbocycles. The van der Waals surface area contributed by atoms with Gasteiger partial charge in [0.05, 0.1) is 12.1 Å². The van der Waals surface area contributed by atoms with E-state index in [4.69, 9.17) is 5.73 Å². The summed E-state index contributed by atoms with van der Waals surface area (Å²) >= 11 is 0. The molecule has 21 heavy (non-hydrogen) atoms. The molecule has 4 heteroatoms. The van der Waals surface area contributed by atoms with Crippen LogP contribution in [-0.2, 0) is 0 Å². The van der Waals surface area contributed by atoms with Crippen LogP contribution in [0.3, 0.4) is 0 Å². The first-order chi connectivity index (χ1) is 10.3. The molecule has 1 heterocycles. The normalized spacial score (nSPS) is 19.0. The number of hydrogen-bond donors (Lipinski definition) is 1. The summed E-state index contributed by atoms with van der Waals surface area (Å²) in [5, 5.41) is 0. The summed E-state index contributed by atoms with van der Waals surface area (Å²) in [5.74, 6) is 5.92. The Hall–Kier alpha value is -1.83. The van der Waals surface area contributed by atoms with E-state index >= 15 is 0 Å². The highest BCUT2D eigenvalue weighted by molar-refractivity contribution is 5.96. The van der Waals surface area contributed by atoms with Gasteiger partial charge >= 0.3 is 0 Å². The van der Waals surface area contributed by atoms with Crippen molar-refractivity contribution in [2.24, 2.45) is 5.73 Å². The standard InChI is InChI=1S/C17H21N3O/c18-9-3-5-14-4-1-2-6-16(14)17(21)20-12-10-19(11-13-20)15-7-8-15/h1-2,4,6,15H,7-13,18H2. The summed E-state index contributed by atoms with van der Waals surface area (Å²) in [6.45, 7) is 3.92. The second-order valence-corrected chi connectivity index (χ2v) is 5.61. The van der Waals surface area contributed by atoms with Gasteiger partial charge in [0.15, 0.2) is 0 Å². The number of amides is 1. The van der Waals surface area contributed by atoms with Crippen LogP contribution in [0.15, 0.2) is 24.3 Å². The zero-order chi connectivity index (χ0) is 14.7. The van der Waals surface area contributed by atoms with Gasteiger partial charge in [-0.15, -0.1) is 0 Å². The highest BCUT2D eigenvalue weighted by atomic mass is 16.2. The number of nitrogens with zero attached hydrogens (tertiary/aromatic N) is 2. The quantitative estimate of drug-likeness (QED) is 0.821. The third-order valence-electron chi connectivity index (χ3n) is 4.15. The van der Waals surface area contributed by atoms with Gasteiger partial charge < -0.3 is 10.6 Å². The van der Waals surface area contributed by atoms with Gasteiger partial charge in [-0.25, -0.2) is 0 Å². The third kappa shape index (κ3) is 3.26. The summed E-state index contributed by atoms with van der Waals surface area (Å²) in [6.07, 6.45) is 2.65. The van der Waals surface area contributed by atoms with Gasteiger partial charge in [-0.2, -0.15) is 0 Å². The maximum Gasteiger partial charge on any atom is 0.255 e. The first-order valence-corrected chi connectivity index (χ1v) is 7.61. The van der Waals surface area contributed by atoms with E-state index in [1.54, 1.807) is 0 Å². The largest absolute Gasteiger partial charge is 0.336 e. The number of nitrogens with two attached hydrogens (primary N) is 1. The first kappa shape index (κ1) is 14.1. The van der Waals surface area contributed by atoms with Crippen molar-refractivity contribution in [1.29, 1.82) is 0 Å². The summed E-state index contributed by atoms with van der Waals surface area (Å²) in [4.78, 5) is 17.1. The second kappa shape index (κ2) is 6.30. The molecule has 3 rings (SSSR count). The smallest absolute Gasteiger partial charge is 0.255 e. The highest BCUT2D eigenvalue weighted by Gasteiger charge is 2.32. The maximum atomic E-state index is 12.7. The Labute approximate surface area is 125 Å². The Morgan fingerprint density at radius 1 is 1.19 bits per heavy atom. The SMILES string of the molecule is NCC#Cc1ccccc1C(=O)N1CCN(C2CC2)CC1. The van der Waals surface area contributed by atoms with Crippen LogP contribution in [0, 0.1) is 11.8 Å². The van der Waals surface area contributed by atoms with Gasteiger partial charge in [-0.3, -0.25) is 9.69 Å². The molecule has 0 radical (unpaired) electrons. The van der Waals surface area contributed by atoms with Crippen molar-refractivity contribution in [2.45, 2.75) is 18.9 Å². The molecule has 0 spiro atoms. The molecule has 1 aromatic rings. The van der Waals surface area contributed by atoms with Crippen LogP contribution in [0.1, 0.15) is 28.8 Å². The van der Waals surface area contributed by atoms with Crippen LogP contribution < -0.4 is 5.73 Å². The molecule has 2 fully saturated rings. The van der Waals surface area contributed by atoms with Crippen LogP contribution in [0.25, 0.3) is 0 Å². The highest BCUT2D eigenvalue weighted by Crippen LogP contribution is 2.27. The summed E-state index contributed by atoms with van der Waals surface area (Å²) < 4.78 is 0. The van der Waals surface area contributed by atoms with Crippen molar-refractivity contribution in [3.05, 3.63) is 35.4 Å². The molecule has 1 aliphatic carbocycles. The zero-order valence-electron chi connectivity index (χ0n) is 12.2. The average Bonchev–Trinajstić information content (AvgIpc) is 3.37. The fourth-order valence-corrected chi connectivity index (χ4v) is 2.83. The van der Waals surface area contributed by atoms with Crippen molar-refractivity contribution < 1.29 is 4.79 Å². The predicted octanol–water partition coefficient (Wildman–Crippen LogP) is 0.917. The van der Waals surface area contributed by atoms with Crippen LogP contribution in [-0.4, -0.2) is 54.5 Å². The Morgan fingerprint density at radius 3 is 2.57 bits per heavy atom. The zero-order valence-corrected chi connectivity index (χ0v) is 12.2. The van der Waals surface area contributed by atoms with Crippen LogP contribution >= 0.6 is 0 Å². The Morgan fingerprint density at radius 2 is 1.90 bits per heavy atom. The van der Waals surface area contributed by atoms with Crippen molar-refractivity contribution in [3.63, 3.8) is 0 Å². The number of carbonyl (C=O) groups excluding carboxylic acids is 1. The number of rotatable bonds is 2. The van der Waals surface area contributed by atoms with Crippen molar-refractivity contribution in [2.75, 3.05) is 32.7 Å². The van der Waals surface area contributed by atoms with E-state index in [9.17, 15) is 4.79 Å². The predicted molar refractivity (Wildman–Crippen MR) is 82.9 cm³/mol. The lowest BCUT2D eigenvalue weighted by molar-refractivity contribution is 0.0627. The van der Waals surface area contributed by atoms with Gasteiger partial charge in [0.25, 0.3) is 5.91 Å². The van der Waals surface area contributed by atoms with Gasteiger partial charge in [0.2, 0.25) is 0 Å². The van der Waals surface area contributed by atoms with Crippen LogP contribution in [0.2, 0.25) is 0 Å². The van der Waals surface area contributed by atoms with Crippen LogP contribution in [0.4, 0.5) is 0 Å². The van der Waals surface area contributed by atoms with E-state index in [-0.39, 0.29) is 5.91 Å². The number of piperazine rings is 1. The molecule has 2 aliphatic rings. The molecule has 0 bridgehead atoms. The van der Waals surface area contributed by atoms with Crippen LogP contribution in [0.5, 0.6) is 0 Å². The molecular formula is C17H21N3O. The van der Waals surface area contributed by atoms with E-state index in [0.29, 0.717) is 12.1 Å². The van der Waals surface area contributed by atoms with E-state index in [0.717, 1.165) is 37.8 Å². The topological polar surface area (TPSA) is 49.6 Å². The van der Waals surface area contributed by atoms with Gasteiger partial charge in [-0.1, -0.05) is 24.0 Å². The average molecular weight is 283 g/mol. The van der Waals surface area contributed by atoms with Crippen molar-refractivity contribution >= 4 is 5.91 Å². The number of hydrogen-bond acceptors (Lipinski definition) is 3. The molecule has 0 aromatic heterocycles. The summed E-state index contributed by atoms with van der Waals surface area (Å²) in [5.41, 5.74) is 6.89. The molecule has 2 N–H and O–H groups in total. The molecule has 1 amide bonds. The lowest BCUT2D eigenvalue weighted by atomic mass is 10.1. The molecule has 4 nitrogen and oxygen atoms in total. The van der Waals surface area contributed by atoms with E-state index in [2.05, 4.69) is 16.7 Å². The Balaban J connectivity index is 1.70. The Bertz CT molecular complexity index is 575. The lowest BCUT2D eigenvalue weighted by Gasteiger charge is -2.35. The molecule has 0 unspecified atom stereocenters. The van der Waals surface area contributed by atoms with Gasteiger partial charge in [0.1, 0.15) is 0 Å². The fraction of sp³-hybridized carbons (Fsp3) is 0.471. The first-order valence-electron chi connectivity index (χ1n) is 7.61. The second-order valence-electron chi connectivity index (χ2n) is 5.61. The summed E-state index contributed by atoms with van der Waals surface area (Å²) in [6, 6.07) is 8.32. The molecule has 0 atom stereocenters. The Kier molecular flexibility index (Phi) is 4.23. The molecule has 1 aliphatic heterocycles. The van der Waals surface area contributed by atoms with Gasteiger partial charge in [-0.05, 0) is 25.0 Å². The summed E-state index contributed by atoms with van der Waals surface area (Å²) in [7, 11) is 0. The number of benzene rings is 1. The van der Waals surface area contributed by atoms with Crippen molar-refractivity contribution in [1.82, 2.24) is 9.80 Å². The third-order valence-corrected chi connectivity index (χ3v) is 4.15. The molecular weight excluding hydrogens is 262 g/mol.